The molecule has 9 heteroatoms. The van der Waals surface area contributed by atoms with Gasteiger partial charge in [-0.15, -0.1) is 0 Å². The molecular weight excluding hydrogens is 409 g/mol. The molecule has 0 amide bonds. The summed E-state index contributed by atoms with van der Waals surface area (Å²) >= 11 is 5.96. The molecule has 5 nitrogen and oxygen atoms in total. The number of alkyl halides is 2. The fourth-order valence-corrected chi connectivity index (χ4v) is 2.98. The van der Waals surface area contributed by atoms with Gasteiger partial charge < -0.3 is 9.47 Å². The van der Waals surface area contributed by atoms with E-state index < -0.39 is 22.9 Å². The van der Waals surface area contributed by atoms with Crippen LogP contribution in [0.2, 0.25) is 5.02 Å². The van der Waals surface area contributed by atoms with E-state index in [0.717, 1.165) is 0 Å². The summed E-state index contributed by atoms with van der Waals surface area (Å²) in [4.78, 5) is 16.1. The van der Waals surface area contributed by atoms with E-state index in [0.29, 0.717) is 22.8 Å². The van der Waals surface area contributed by atoms with Gasteiger partial charge in [-0.05, 0) is 55.8 Å². The van der Waals surface area contributed by atoms with Gasteiger partial charge in [-0.2, -0.15) is 8.78 Å². The van der Waals surface area contributed by atoms with Crippen LogP contribution in [-0.2, 0) is 0 Å². The zero-order chi connectivity index (χ0) is 21.3. The van der Waals surface area contributed by atoms with Crippen LogP contribution in [0.15, 0.2) is 41.2 Å². The molecule has 0 fully saturated rings. The summed E-state index contributed by atoms with van der Waals surface area (Å²) in [5, 5.41) is -0.603. The molecule has 0 bridgehead atoms. The fraction of sp³-hybridized carbons (Fsp3) is 0.200. The minimum Gasteiger partial charge on any atom is -0.497 e. The second-order valence-electron chi connectivity index (χ2n) is 6.15. The molecule has 0 unspecified atom stereocenters. The lowest BCUT2D eigenvalue weighted by atomic mass is 10.1. The smallest absolute Gasteiger partial charge is 0.322 e. The van der Waals surface area contributed by atoms with E-state index in [1.54, 1.807) is 31.2 Å². The van der Waals surface area contributed by atoms with E-state index in [4.69, 9.17) is 21.1 Å². The first-order valence-corrected chi connectivity index (χ1v) is 8.80. The van der Waals surface area contributed by atoms with Crippen LogP contribution in [0.3, 0.4) is 0 Å². The molecule has 29 heavy (non-hydrogen) atoms. The third kappa shape index (κ3) is 4.07. The number of nitrogens with zero attached hydrogens (tertiary/aromatic N) is 2. The standard InChI is InChI=1S/C20H16ClF3N2O3/c1-10-8-15(22)14(9-16(10)29-13-6-4-12(28-3)5-7-13)18-17(21)19(27)26(20(23)24)11(2)25-18/h4-9,20H,1-3H3. The Hall–Kier alpha value is -3.00. The van der Waals surface area contributed by atoms with Crippen LogP contribution in [-0.4, -0.2) is 16.7 Å². The van der Waals surface area contributed by atoms with E-state index >= 15 is 0 Å². The Balaban J connectivity index is 2.09. The van der Waals surface area contributed by atoms with E-state index in [1.807, 2.05) is 0 Å². The highest BCUT2D eigenvalue weighted by molar-refractivity contribution is 6.32. The summed E-state index contributed by atoms with van der Waals surface area (Å²) in [5.41, 5.74) is -1.04. The highest BCUT2D eigenvalue weighted by Crippen LogP contribution is 2.34. The van der Waals surface area contributed by atoms with Gasteiger partial charge in [0.25, 0.3) is 5.56 Å². The molecule has 3 aromatic rings. The van der Waals surface area contributed by atoms with Crippen molar-refractivity contribution in [3.05, 3.63) is 69.0 Å². The first-order chi connectivity index (χ1) is 13.7. The van der Waals surface area contributed by atoms with E-state index in [9.17, 15) is 18.0 Å². The van der Waals surface area contributed by atoms with Crippen molar-refractivity contribution in [3.8, 4) is 28.5 Å². The Morgan fingerprint density at radius 2 is 1.72 bits per heavy atom. The molecule has 0 radical (unpaired) electrons. The van der Waals surface area contributed by atoms with Gasteiger partial charge in [-0.1, -0.05) is 11.6 Å². The summed E-state index contributed by atoms with van der Waals surface area (Å²) in [7, 11) is 1.53. The second-order valence-corrected chi connectivity index (χ2v) is 6.53. The molecule has 0 aliphatic carbocycles. The van der Waals surface area contributed by atoms with Crippen molar-refractivity contribution >= 4 is 11.6 Å². The number of methoxy groups -OCH3 is 1. The highest BCUT2D eigenvalue weighted by atomic mass is 35.5. The SMILES string of the molecule is COc1ccc(Oc2cc(-c3nc(C)n(C(F)F)c(=O)c3Cl)c(F)cc2C)cc1. The van der Waals surface area contributed by atoms with Gasteiger partial charge in [0.2, 0.25) is 0 Å². The second kappa shape index (κ2) is 8.16. The molecule has 0 N–H and O–H groups in total. The minimum atomic E-state index is -3.11. The number of hydrogen-bond acceptors (Lipinski definition) is 4. The third-order valence-corrected chi connectivity index (χ3v) is 4.58. The maximum atomic E-state index is 14.6. The monoisotopic (exact) mass is 424 g/mol. The van der Waals surface area contributed by atoms with Gasteiger partial charge in [0.05, 0.1) is 12.8 Å². The lowest BCUT2D eigenvalue weighted by Gasteiger charge is -2.15. The predicted octanol–water partition coefficient (Wildman–Crippen LogP) is 5.52. The van der Waals surface area contributed by atoms with Gasteiger partial charge in [0, 0.05) is 5.56 Å². The Morgan fingerprint density at radius 1 is 1.10 bits per heavy atom. The number of halogens is 4. The predicted molar refractivity (Wildman–Crippen MR) is 103 cm³/mol. The van der Waals surface area contributed by atoms with Crippen molar-refractivity contribution in [2.24, 2.45) is 0 Å². The van der Waals surface area contributed by atoms with Gasteiger partial charge in [-0.25, -0.2) is 13.9 Å². The molecule has 0 atom stereocenters. The normalized spacial score (nSPS) is 11.0. The van der Waals surface area contributed by atoms with Crippen molar-refractivity contribution in [2.75, 3.05) is 7.11 Å². The van der Waals surface area contributed by atoms with Crippen LogP contribution in [0.25, 0.3) is 11.3 Å². The molecule has 1 aromatic heterocycles. The third-order valence-electron chi connectivity index (χ3n) is 4.24. The van der Waals surface area contributed by atoms with Crippen LogP contribution in [0.5, 0.6) is 17.2 Å². The number of hydrogen-bond donors (Lipinski definition) is 0. The molecule has 152 valence electrons. The summed E-state index contributed by atoms with van der Waals surface area (Å²) in [6, 6.07) is 9.25. The maximum absolute atomic E-state index is 14.6. The topological polar surface area (TPSA) is 53.4 Å². The molecule has 0 spiro atoms. The van der Waals surface area contributed by atoms with E-state index in [2.05, 4.69) is 4.98 Å². The molecule has 1 heterocycles. The molecule has 2 aromatic carbocycles. The zero-order valence-electron chi connectivity index (χ0n) is 15.7. The van der Waals surface area contributed by atoms with E-state index in [-0.39, 0.29) is 21.6 Å². The first kappa shape index (κ1) is 20.7. The lowest BCUT2D eigenvalue weighted by Crippen LogP contribution is -2.25. The summed E-state index contributed by atoms with van der Waals surface area (Å²) in [6.07, 6.45) is 0. The minimum absolute atomic E-state index is 0.134. The number of rotatable bonds is 5. The van der Waals surface area contributed by atoms with Crippen LogP contribution < -0.4 is 15.0 Å². The quantitative estimate of drug-likeness (QED) is 0.541. The number of ether oxygens (including phenoxy) is 2. The fourth-order valence-electron chi connectivity index (χ4n) is 2.74. The number of aromatic nitrogens is 2. The van der Waals surface area contributed by atoms with Crippen LogP contribution in [0.1, 0.15) is 17.9 Å². The van der Waals surface area contributed by atoms with Crippen molar-refractivity contribution in [1.82, 2.24) is 9.55 Å². The zero-order valence-corrected chi connectivity index (χ0v) is 16.4. The first-order valence-electron chi connectivity index (χ1n) is 8.42. The Kier molecular flexibility index (Phi) is 5.83. The Morgan fingerprint density at radius 3 is 2.31 bits per heavy atom. The van der Waals surface area contributed by atoms with Crippen molar-refractivity contribution in [2.45, 2.75) is 20.4 Å². The molecule has 0 saturated heterocycles. The Labute approximate surface area is 169 Å². The van der Waals surface area contributed by atoms with Crippen molar-refractivity contribution in [3.63, 3.8) is 0 Å². The van der Waals surface area contributed by atoms with Crippen molar-refractivity contribution in [1.29, 1.82) is 0 Å². The van der Waals surface area contributed by atoms with Crippen LogP contribution in [0.4, 0.5) is 13.2 Å². The number of benzene rings is 2. The highest BCUT2D eigenvalue weighted by Gasteiger charge is 2.22. The van der Waals surface area contributed by atoms with Gasteiger partial charge in [0.1, 0.15) is 33.9 Å². The largest absolute Gasteiger partial charge is 0.497 e. The van der Waals surface area contributed by atoms with Crippen LogP contribution in [0, 0.1) is 19.7 Å². The van der Waals surface area contributed by atoms with Gasteiger partial charge >= 0.3 is 6.55 Å². The summed E-state index contributed by atoms with van der Waals surface area (Å²) in [6.45, 7) is -0.256. The van der Waals surface area contributed by atoms with Gasteiger partial charge in [0.15, 0.2) is 0 Å². The summed E-state index contributed by atoms with van der Waals surface area (Å²) < 4.78 is 51.8. The molecule has 0 aliphatic heterocycles. The molecular formula is C20H16ClF3N2O3. The molecule has 0 saturated carbocycles. The number of aryl methyl sites for hydroxylation is 2. The van der Waals surface area contributed by atoms with E-state index in [1.165, 1.54) is 26.2 Å². The van der Waals surface area contributed by atoms with Crippen LogP contribution >= 0.6 is 11.6 Å². The maximum Gasteiger partial charge on any atom is 0.322 e. The average Bonchev–Trinajstić information content (AvgIpc) is 2.67. The molecule has 3 rings (SSSR count). The van der Waals surface area contributed by atoms with Gasteiger partial charge in [-0.3, -0.25) is 4.79 Å². The lowest BCUT2D eigenvalue weighted by molar-refractivity contribution is 0.0628. The van der Waals surface area contributed by atoms with Crippen molar-refractivity contribution < 1.29 is 22.6 Å². The Bertz CT molecular complexity index is 1120. The summed E-state index contributed by atoms with van der Waals surface area (Å²) in [5.74, 6) is 0.393. The molecule has 0 aliphatic rings. The average molecular weight is 425 g/mol.